The number of rotatable bonds is 5. The van der Waals surface area contributed by atoms with Crippen LogP contribution in [0.2, 0.25) is 0 Å². The normalized spacial score (nSPS) is 22.9. The highest BCUT2D eigenvalue weighted by molar-refractivity contribution is 7.18. The Morgan fingerprint density at radius 2 is 2.30 bits per heavy atom. The van der Waals surface area contributed by atoms with Crippen molar-refractivity contribution in [1.29, 1.82) is 0 Å². The maximum atomic E-state index is 12.0. The van der Waals surface area contributed by atoms with Crippen molar-refractivity contribution >= 4 is 27.9 Å². The Morgan fingerprint density at radius 3 is 2.95 bits per heavy atom. The highest BCUT2D eigenvalue weighted by Gasteiger charge is 2.26. The van der Waals surface area contributed by atoms with E-state index in [4.69, 9.17) is 5.73 Å². The molecule has 1 unspecified atom stereocenters. The zero-order valence-electron chi connectivity index (χ0n) is 11.8. The van der Waals surface area contributed by atoms with Crippen molar-refractivity contribution in [3.63, 3.8) is 0 Å². The van der Waals surface area contributed by atoms with Crippen LogP contribution < -0.4 is 16.4 Å². The molecule has 2 heterocycles. The summed E-state index contributed by atoms with van der Waals surface area (Å²) in [5.41, 5.74) is 6.53. The number of thiophene rings is 1. The summed E-state index contributed by atoms with van der Waals surface area (Å²) in [6, 6.07) is 2.83. The lowest BCUT2D eigenvalue weighted by Gasteiger charge is -2.19. The minimum Gasteiger partial charge on any atom is -0.397 e. The summed E-state index contributed by atoms with van der Waals surface area (Å²) in [6.45, 7) is 2.09. The Morgan fingerprint density at radius 1 is 1.50 bits per heavy atom. The Bertz CT molecular complexity index is 497. The number of likely N-dealkylation sites (N-methyl/N-ethyl adjacent to an activating group) is 1. The van der Waals surface area contributed by atoms with Crippen molar-refractivity contribution < 1.29 is 4.79 Å². The van der Waals surface area contributed by atoms with Gasteiger partial charge in [0.15, 0.2) is 0 Å². The second kappa shape index (κ2) is 5.61. The second-order valence-electron chi connectivity index (χ2n) is 5.80. The van der Waals surface area contributed by atoms with Gasteiger partial charge < -0.3 is 21.3 Å². The molecule has 0 radical (unpaired) electrons. The van der Waals surface area contributed by atoms with Crippen LogP contribution in [0.5, 0.6) is 0 Å². The predicted molar refractivity (Wildman–Crippen MR) is 83.4 cm³/mol. The lowest BCUT2D eigenvalue weighted by Crippen LogP contribution is -2.31. The molecule has 5 nitrogen and oxygen atoms in total. The lowest BCUT2D eigenvalue weighted by molar-refractivity contribution is 0.0956. The van der Waals surface area contributed by atoms with Crippen molar-refractivity contribution in [2.75, 3.05) is 31.2 Å². The molecule has 1 amide bonds. The molecule has 1 aliphatic heterocycles. The van der Waals surface area contributed by atoms with Crippen LogP contribution in [0.3, 0.4) is 0 Å². The van der Waals surface area contributed by atoms with Gasteiger partial charge in [-0.1, -0.05) is 0 Å². The Kier molecular flexibility index (Phi) is 3.85. The maximum Gasteiger partial charge on any atom is 0.263 e. The molecule has 1 aromatic heterocycles. The fraction of sp³-hybridized carbons (Fsp3) is 0.643. The molecule has 1 aromatic rings. The van der Waals surface area contributed by atoms with Gasteiger partial charge in [-0.3, -0.25) is 4.79 Å². The molecule has 2 aliphatic rings. The van der Waals surface area contributed by atoms with Crippen molar-refractivity contribution in [2.24, 2.45) is 0 Å². The summed E-state index contributed by atoms with van der Waals surface area (Å²) in [5.74, 6) is -0.0268. The number of nitrogen functional groups attached to an aromatic ring is 1. The van der Waals surface area contributed by atoms with Gasteiger partial charge in [0.2, 0.25) is 0 Å². The molecule has 0 spiro atoms. The minimum absolute atomic E-state index is 0.0268. The second-order valence-corrected chi connectivity index (χ2v) is 6.85. The molecule has 1 atom stereocenters. The van der Waals surface area contributed by atoms with E-state index in [2.05, 4.69) is 22.6 Å². The van der Waals surface area contributed by atoms with E-state index < -0.39 is 0 Å². The summed E-state index contributed by atoms with van der Waals surface area (Å²) >= 11 is 1.46. The monoisotopic (exact) mass is 294 g/mol. The average Bonchev–Trinajstić information content (AvgIpc) is 3.00. The van der Waals surface area contributed by atoms with E-state index in [0.29, 0.717) is 22.6 Å². The molecule has 2 fully saturated rings. The van der Waals surface area contributed by atoms with Gasteiger partial charge in [-0.05, 0) is 45.3 Å². The van der Waals surface area contributed by atoms with E-state index in [0.717, 1.165) is 24.4 Å². The first kappa shape index (κ1) is 13.7. The van der Waals surface area contributed by atoms with Gasteiger partial charge in [-0.25, -0.2) is 0 Å². The largest absolute Gasteiger partial charge is 0.397 e. The van der Waals surface area contributed by atoms with Crippen LogP contribution in [0.1, 0.15) is 35.4 Å². The number of carbonyl (C=O) groups is 1. The van der Waals surface area contributed by atoms with E-state index in [1.54, 1.807) is 0 Å². The number of likely N-dealkylation sites (tertiary alicyclic amines) is 1. The zero-order chi connectivity index (χ0) is 14.1. The topological polar surface area (TPSA) is 70.4 Å². The number of anilines is 2. The Labute approximate surface area is 123 Å². The number of amides is 1. The van der Waals surface area contributed by atoms with Crippen LogP contribution in [0, 0.1) is 0 Å². The van der Waals surface area contributed by atoms with Gasteiger partial charge in [-0.15, -0.1) is 11.3 Å². The highest BCUT2D eigenvalue weighted by atomic mass is 32.1. The van der Waals surface area contributed by atoms with Crippen molar-refractivity contribution in [1.82, 2.24) is 10.2 Å². The van der Waals surface area contributed by atoms with Gasteiger partial charge in [0.1, 0.15) is 4.88 Å². The molecule has 110 valence electrons. The van der Waals surface area contributed by atoms with Crippen molar-refractivity contribution in [2.45, 2.75) is 37.8 Å². The number of hydrogen-bond donors (Lipinski definition) is 3. The SMILES string of the molecule is CN1CCCC1CNc1cc(N)c(C(=O)NC2CC2)s1. The number of nitrogens with zero attached hydrogens (tertiary/aromatic N) is 1. The van der Waals surface area contributed by atoms with E-state index in [1.165, 1.54) is 30.7 Å². The van der Waals surface area contributed by atoms with Crippen LogP contribution in [0.4, 0.5) is 10.7 Å². The fourth-order valence-electron chi connectivity index (χ4n) is 2.60. The first-order valence-electron chi connectivity index (χ1n) is 7.28. The first-order chi connectivity index (χ1) is 9.63. The molecular weight excluding hydrogens is 272 g/mol. The molecule has 0 aromatic carbocycles. The van der Waals surface area contributed by atoms with Crippen LogP contribution in [-0.4, -0.2) is 43.0 Å². The van der Waals surface area contributed by atoms with Crippen LogP contribution in [-0.2, 0) is 0 Å². The third-order valence-corrected chi connectivity index (χ3v) is 5.17. The Hall–Kier alpha value is -1.27. The molecule has 4 N–H and O–H groups in total. The summed E-state index contributed by atoms with van der Waals surface area (Å²) in [6.07, 6.45) is 4.69. The van der Waals surface area contributed by atoms with Gasteiger partial charge in [0.25, 0.3) is 5.91 Å². The summed E-state index contributed by atoms with van der Waals surface area (Å²) in [5, 5.41) is 7.39. The number of carbonyl (C=O) groups excluding carboxylic acids is 1. The molecule has 20 heavy (non-hydrogen) atoms. The Balaban J connectivity index is 1.58. The minimum atomic E-state index is -0.0268. The fourth-order valence-corrected chi connectivity index (χ4v) is 3.49. The molecule has 6 heteroatoms. The summed E-state index contributed by atoms with van der Waals surface area (Å²) in [4.78, 5) is 15.0. The van der Waals surface area contributed by atoms with E-state index >= 15 is 0 Å². The number of nitrogens with two attached hydrogens (primary N) is 1. The van der Waals surface area contributed by atoms with Gasteiger partial charge >= 0.3 is 0 Å². The van der Waals surface area contributed by atoms with Crippen LogP contribution in [0.15, 0.2) is 6.07 Å². The molecule has 1 aliphatic carbocycles. The van der Waals surface area contributed by atoms with Crippen molar-refractivity contribution in [3.8, 4) is 0 Å². The highest BCUT2D eigenvalue weighted by Crippen LogP contribution is 2.30. The van der Waals surface area contributed by atoms with Crippen LogP contribution >= 0.6 is 11.3 Å². The number of hydrogen-bond acceptors (Lipinski definition) is 5. The average molecular weight is 294 g/mol. The van der Waals surface area contributed by atoms with Crippen molar-refractivity contribution in [3.05, 3.63) is 10.9 Å². The molecule has 0 bridgehead atoms. The van der Waals surface area contributed by atoms with E-state index in [1.807, 2.05) is 6.07 Å². The van der Waals surface area contributed by atoms with Crippen LogP contribution in [0.25, 0.3) is 0 Å². The molecule has 3 rings (SSSR count). The van der Waals surface area contributed by atoms with Gasteiger partial charge in [0.05, 0.1) is 10.7 Å². The quantitative estimate of drug-likeness (QED) is 0.773. The predicted octanol–water partition coefficient (Wildman–Crippen LogP) is 1.73. The van der Waals surface area contributed by atoms with E-state index in [9.17, 15) is 4.79 Å². The first-order valence-corrected chi connectivity index (χ1v) is 8.09. The van der Waals surface area contributed by atoms with Gasteiger partial charge in [0, 0.05) is 18.6 Å². The van der Waals surface area contributed by atoms with E-state index in [-0.39, 0.29) is 5.91 Å². The molecular formula is C14H22N4OS. The smallest absolute Gasteiger partial charge is 0.263 e. The molecule has 1 saturated carbocycles. The number of nitrogens with one attached hydrogen (secondary N) is 2. The summed E-state index contributed by atoms with van der Waals surface area (Å²) < 4.78 is 0. The maximum absolute atomic E-state index is 12.0. The summed E-state index contributed by atoms with van der Waals surface area (Å²) in [7, 11) is 2.16. The third-order valence-electron chi connectivity index (χ3n) is 4.06. The third kappa shape index (κ3) is 3.07. The lowest BCUT2D eigenvalue weighted by atomic mass is 10.2. The molecule has 1 saturated heterocycles. The zero-order valence-corrected chi connectivity index (χ0v) is 12.6. The standard InChI is InChI=1S/C14H22N4OS/c1-18-6-2-3-10(18)8-16-12-7-11(15)13(20-12)14(19)17-9-4-5-9/h7,9-10,16H,2-6,8,15H2,1H3,(H,17,19). The van der Waals surface area contributed by atoms with Gasteiger partial charge in [-0.2, -0.15) is 0 Å².